The monoisotopic (exact) mass is 329 g/mol. The lowest BCUT2D eigenvalue weighted by Gasteiger charge is -2.13. The quantitative estimate of drug-likeness (QED) is 0.609. The maximum Gasteiger partial charge on any atom is 0.156 e. The van der Waals surface area contributed by atoms with Gasteiger partial charge in [0.05, 0.1) is 6.20 Å². The summed E-state index contributed by atoms with van der Waals surface area (Å²) in [7, 11) is 3.95. The van der Waals surface area contributed by atoms with Crippen molar-refractivity contribution in [2.75, 3.05) is 24.3 Å². The first-order chi connectivity index (χ1) is 12.2. The molecule has 0 aliphatic carbocycles. The summed E-state index contributed by atoms with van der Waals surface area (Å²) in [6, 6.07) is 22.5. The third-order valence-electron chi connectivity index (χ3n) is 4.08. The molecule has 0 saturated carbocycles. The van der Waals surface area contributed by atoms with Gasteiger partial charge in [-0.1, -0.05) is 48.5 Å². The van der Waals surface area contributed by atoms with Crippen molar-refractivity contribution >= 4 is 23.0 Å². The van der Waals surface area contributed by atoms with Gasteiger partial charge in [0.2, 0.25) is 0 Å². The molecule has 0 aliphatic heterocycles. The summed E-state index contributed by atoms with van der Waals surface area (Å²) in [6.45, 7) is 0. The molecule has 0 fully saturated rings. The normalized spacial score (nSPS) is 10.8. The van der Waals surface area contributed by atoms with E-state index in [4.69, 9.17) is 0 Å². The smallest absolute Gasteiger partial charge is 0.156 e. The summed E-state index contributed by atoms with van der Waals surface area (Å²) < 4.78 is 1.83. The maximum absolute atomic E-state index is 4.65. The first-order valence-electron chi connectivity index (χ1n) is 8.16. The number of fused-ring (bicyclic) bond motifs is 1. The summed E-state index contributed by atoms with van der Waals surface area (Å²) in [4.78, 5) is 6.41. The van der Waals surface area contributed by atoms with Crippen LogP contribution in [0, 0.1) is 0 Å². The van der Waals surface area contributed by atoms with Crippen LogP contribution in [-0.2, 0) is 0 Å². The number of para-hydroxylation sites is 1. The number of nitrogens with zero attached hydrogens (tertiary/aromatic N) is 4. The number of hydrogen-bond donors (Lipinski definition) is 1. The number of hydrogen-bond acceptors (Lipinski definition) is 4. The van der Waals surface area contributed by atoms with Crippen molar-refractivity contribution in [3.8, 4) is 11.1 Å². The van der Waals surface area contributed by atoms with Gasteiger partial charge in [-0.15, -0.1) is 5.10 Å². The van der Waals surface area contributed by atoms with Gasteiger partial charge in [-0.05, 0) is 23.8 Å². The largest absolute Gasteiger partial charge is 0.361 e. The van der Waals surface area contributed by atoms with E-state index >= 15 is 0 Å². The van der Waals surface area contributed by atoms with Crippen molar-refractivity contribution in [3.05, 3.63) is 72.9 Å². The number of anilines is 3. The van der Waals surface area contributed by atoms with Crippen molar-refractivity contribution < 1.29 is 0 Å². The number of rotatable bonds is 4. The zero-order valence-corrected chi connectivity index (χ0v) is 14.2. The van der Waals surface area contributed by atoms with Gasteiger partial charge >= 0.3 is 0 Å². The van der Waals surface area contributed by atoms with Crippen LogP contribution in [0.3, 0.4) is 0 Å². The molecule has 0 aliphatic rings. The molecular formula is C20H19N5. The van der Waals surface area contributed by atoms with Crippen molar-refractivity contribution in [3.63, 3.8) is 0 Å². The van der Waals surface area contributed by atoms with Gasteiger partial charge in [0.1, 0.15) is 5.82 Å². The van der Waals surface area contributed by atoms with E-state index in [1.54, 1.807) is 0 Å². The average Bonchev–Trinajstić information content (AvgIpc) is 3.05. The highest BCUT2D eigenvalue weighted by Crippen LogP contribution is 2.30. The van der Waals surface area contributed by atoms with Gasteiger partial charge in [-0.25, -0.2) is 4.98 Å². The summed E-state index contributed by atoms with van der Waals surface area (Å²) in [5.74, 6) is 1.71. The summed E-state index contributed by atoms with van der Waals surface area (Å²) in [6.07, 6.45) is 1.81. The van der Waals surface area contributed by atoms with Gasteiger partial charge in [-0.2, -0.15) is 4.52 Å². The zero-order valence-electron chi connectivity index (χ0n) is 14.2. The third-order valence-corrected chi connectivity index (χ3v) is 4.08. The Morgan fingerprint density at radius 2 is 1.64 bits per heavy atom. The molecule has 4 aromatic rings. The van der Waals surface area contributed by atoms with Crippen LogP contribution >= 0.6 is 0 Å². The fourth-order valence-corrected chi connectivity index (χ4v) is 2.79. The number of benzene rings is 2. The van der Waals surface area contributed by atoms with Gasteiger partial charge < -0.3 is 10.2 Å². The Morgan fingerprint density at radius 3 is 2.44 bits per heavy atom. The lowest BCUT2D eigenvalue weighted by atomic mass is 10.0. The van der Waals surface area contributed by atoms with Crippen LogP contribution in [0.15, 0.2) is 72.9 Å². The predicted molar refractivity (Wildman–Crippen MR) is 102 cm³/mol. The van der Waals surface area contributed by atoms with Gasteiger partial charge in [0.25, 0.3) is 0 Å². The molecule has 5 nitrogen and oxygen atoms in total. The first kappa shape index (κ1) is 15.2. The number of imidazole rings is 1. The van der Waals surface area contributed by atoms with E-state index in [1.807, 2.05) is 72.2 Å². The molecule has 0 unspecified atom stereocenters. The molecule has 0 saturated heterocycles. The van der Waals surface area contributed by atoms with Crippen molar-refractivity contribution in [2.45, 2.75) is 0 Å². The maximum atomic E-state index is 4.65. The van der Waals surface area contributed by atoms with E-state index in [2.05, 4.69) is 39.7 Å². The minimum absolute atomic E-state index is 0.810. The van der Waals surface area contributed by atoms with Crippen LogP contribution in [0.5, 0.6) is 0 Å². The minimum atomic E-state index is 0.810. The van der Waals surface area contributed by atoms with Gasteiger partial charge in [0.15, 0.2) is 11.5 Å². The molecule has 1 N–H and O–H groups in total. The second-order valence-electron chi connectivity index (χ2n) is 6.04. The van der Waals surface area contributed by atoms with E-state index < -0.39 is 0 Å². The average molecular weight is 329 g/mol. The third kappa shape index (κ3) is 2.92. The Morgan fingerprint density at radius 1 is 0.880 bits per heavy atom. The second kappa shape index (κ2) is 6.28. The van der Waals surface area contributed by atoms with E-state index in [9.17, 15) is 0 Å². The molecule has 0 spiro atoms. The molecule has 2 aromatic heterocycles. The molecular weight excluding hydrogens is 310 g/mol. The lowest BCUT2D eigenvalue weighted by molar-refractivity contribution is 0.907. The number of nitrogens with one attached hydrogen (secondary N) is 1. The molecule has 4 rings (SSSR count). The van der Waals surface area contributed by atoms with Crippen LogP contribution < -0.4 is 10.2 Å². The summed E-state index contributed by atoms with van der Waals surface area (Å²) >= 11 is 0. The first-order valence-corrected chi connectivity index (χ1v) is 8.16. The standard InChI is InChI=1S/C20H19N5/c1-24(2)19-13-12-18-21-14-20(25(18)23-19)22-17-11-7-6-10-16(17)15-8-4-3-5-9-15/h3-14,22H,1-2H3. The molecule has 5 heteroatoms. The van der Waals surface area contributed by atoms with Crippen molar-refractivity contribution in [1.82, 2.24) is 14.6 Å². The Bertz CT molecular complexity index is 1000. The van der Waals surface area contributed by atoms with Crippen molar-refractivity contribution in [2.24, 2.45) is 0 Å². The SMILES string of the molecule is CN(C)c1ccc2ncc(Nc3ccccc3-c3ccccc3)n2n1. The molecule has 0 radical (unpaired) electrons. The molecule has 124 valence electrons. The Kier molecular flexibility index (Phi) is 3.82. The fourth-order valence-electron chi connectivity index (χ4n) is 2.79. The summed E-state index contributed by atoms with van der Waals surface area (Å²) in [5, 5.41) is 8.13. The Balaban J connectivity index is 1.76. The highest BCUT2D eigenvalue weighted by Gasteiger charge is 2.10. The van der Waals surface area contributed by atoms with Crippen LogP contribution in [0.25, 0.3) is 16.8 Å². The van der Waals surface area contributed by atoms with Gasteiger partial charge in [-0.3, -0.25) is 0 Å². The minimum Gasteiger partial charge on any atom is -0.361 e. The summed E-state index contributed by atoms with van der Waals surface area (Å²) in [5.41, 5.74) is 4.14. The van der Waals surface area contributed by atoms with Crippen LogP contribution in [0.4, 0.5) is 17.3 Å². The molecule has 25 heavy (non-hydrogen) atoms. The number of aromatic nitrogens is 3. The second-order valence-corrected chi connectivity index (χ2v) is 6.04. The van der Waals surface area contributed by atoms with Crippen LogP contribution in [0.2, 0.25) is 0 Å². The molecule has 0 amide bonds. The topological polar surface area (TPSA) is 45.5 Å². The Labute approximate surface area is 146 Å². The van der Waals surface area contributed by atoms with Crippen LogP contribution in [-0.4, -0.2) is 28.7 Å². The molecule has 0 bridgehead atoms. The highest BCUT2D eigenvalue weighted by atomic mass is 15.3. The molecule has 0 atom stereocenters. The predicted octanol–water partition coefficient (Wildman–Crippen LogP) is 4.21. The molecule has 2 heterocycles. The zero-order chi connectivity index (χ0) is 17.2. The molecule has 2 aromatic carbocycles. The van der Waals surface area contributed by atoms with Crippen LogP contribution in [0.1, 0.15) is 0 Å². The van der Waals surface area contributed by atoms with E-state index in [0.717, 1.165) is 28.5 Å². The fraction of sp³-hybridized carbons (Fsp3) is 0.100. The Hall–Kier alpha value is -3.34. The van der Waals surface area contributed by atoms with Crippen molar-refractivity contribution in [1.29, 1.82) is 0 Å². The highest BCUT2D eigenvalue weighted by molar-refractivity contribution is 5.80. The van der Waals surface area contributed by atoms with E-state index in [1.165, 1.54) is 5.56 Å². The van der Waals surface area contributed by atoms with Gasteiger partial charge in [0, 0.05) is 25.3 Å². The lowest BCUT2D eigenvalue weighted by Crippen LogP contribution is -2.12. The van der Waals surface area contributed by atoms with E-state index in [0.29, 0.717) is 0 Å². The van der Waals surface area contributed by atoms with E-state index in [-0.39, 0.29) is 0 Å².